The van der Waals surface area contributed by atoms with Crippen LogP contribution >= 0.6 is 23.1 Å². The molecule has 2 heterocycles. The third-order valence-electron chi connectivity index (χ3n) is 3.54. The van der Waals surface area contributed by atoms with Crippen LogP contribution in [-0.4, -0.2) is 17.5 Å². The largest absolute Gasteiger partial charge is 0.305 e. The maximum atomic E-state index is 3.90. The topological polar surface area (TPSA) is 12.0 Å². The van der Waals surface area contributed by atoms with Crippen LogP contribution in [0.3, 0.4) is 0 Å². The molecule has 0 spiro atoms. The monoisotopic (exact) mass is 283 g/mol. The maximum Gasteiger partial charge on any atom is 0.0440 e. The lowest BCUT2D eigenvalue weighted by Gasteiger charge is -2.37. The summed E-state index contributed by atoms with van der Waals surface area (Å²) in [6.07, 6.45) is 1.30. The van der Waals surface area contributed by atoms with Gasteiger partial charge >= 0.3 is 0 Å². The van der Waals surface area contributed by atoms with E-state index >= 15 is 0 Å². The molecular formula is C15H25NS2. The van der Waals surface area contributed by atoms with Gasteiger partial charge in [0.15, 0.2) is 0 Å². The van der Waals surface area contributed by atoms with Crippen LogP contribution in [0.4, 0.5) is 0 Å². The molecule has 1 nitrogen and oxygen atoms in total. The minimum Gasteiger partial charge on any atom is -0.305 e. The first-order valence-electron chi connectivity index (χ1n) is 6.85. The van der Waals surface area contributed by atoms with Gasteiger partial charge in [-0.1, -0.05) is 33.8 Å². The van der Waals surface area contributed by atoms with Gasteiger partial charge in [0, 0.05) is 22.7 Å². The average molecular weight is 284 g/mol. The molecule has 18 heavy (non-hydrogen) atoms. The molecule has 0 bridgehead atoms. The zero-order valence-corrected chi connectivity index (χ0v) is 13.5. The fraction of sp³-hybridized carbons (Fsp3) is 0.733. The SMILES string of the molecule is CC(C)C(NC1CSCC(C)(C)C1)c1cccs1. The molecule has 2 rings (SSSR count). The van der Waals surface area contributed by atoms with Gasteiger partial charge in [0.05, 0.1) is 0 Å². The third-order valence-corrected chi connectivity index (χ3v) is 6.12. The standard InChI is InChI=1S/C15H25NS2/c1-11(2)14(13-6-5-7-18-13)16-12-8-15(3,4)10-17-9-12/h5-7,11-12,14,16H,8-10H2,1-4H3. The number of thioether (sulfide) groups is 1. The number of hydrogen-bond acceptors (Lipinski definition) is 3. The summed E-state index contributed by atoms with van der Waals surface area (Å²) < 4.78 is 0. The molecule has 1 fully saturated rings. The molecule has 3 heteroatoms. The fourth-order valence-electron chi connectivity index (χ4n) is 2.69. The van der Waals surface area contributed by atoms with Crippen molar-refractivity contribution in [3.05, 3.63) is 22.4 Å². The smallest absolute Gasteiger partial charge is 0.0440 e. The zero-order valence-electron chi connectivity index (χ0n) is 11.9. The van der Waals surface area contributed by atoms with E-state index in [9.17, 15) is 0 Å². The van der Waals surface area contributed by atoms with Crippen LogP contribution < -0.4 is 5.32 Å². The molecule has 1 aliphatic rings. The summed E-state index contributed by atoms with van der Waals surface area (Å²) in [5, 5.41) is 6.09. The van der Waals surface area contributed by atoms with Crippen molar-refractivity contribution in [3.63, 3.8) is 0 Å². The van der Waals surface area contributed by atoms with Crippen molar-refractivity contribution in [1.29, 1.82) is 0 Å². The lowest BCUT2D eigenvalue weighted by Crippen LogP contribution is -2.43. The molecule has 1 N–H and O–H groups in total. The van der Waals surface area contributed by atoms with Gasteiger partial charge in [0.2, 0.25) is 0 Å². The van der Waals surface area contributed by atoms with Crippen LogP contribution in [0.15, 0.2) is 17.5 Å². The van der Waals surface area contributed by atoms with Gasteiger partial charge in [-0.2, -0.15) is 11.8 Å². The Labute approximate surface area is 120 Å². The van der Waals surface area contributed by atoms with Crippen LogP contribution in [0.2, 0.25) is 0 Å². The van der Waals surface area contributed by atoms with Crippen molar-refractivity contribution in [2.45, 2.75) is 46.2 Å². The predicted octanol–water partition coefficient (Wildman–Crippen LogP) is 4.57. The third kappa shape index (κ3) is 3.75. The summed E-state index contributed by atoms with van der Waals surface area (Å²) >= 11 is 3.98. The summed E-state index contributed by atoms with van der Waals surface area (Å²) in [6, 6.07) is 5.61. The Hall–Kier alpha value is 0.01000. The molecule has 2 unspecified atom stereocenters. The molecule has 1 aliphatic heterocycles. The van der Waals surface area contributed by atoms with Crippen molar-refractivity contribution >= 4 is 23.1 Å². The van der Waals surface area contributed by atoms with Gasteiger partial charge in [-0.3, -0.25) is 0 Å². The molecular weight excluding hydrogens is 258 g/mol. The Morgan fingerprint density at radius 2 is 2.17 bits per heavy atom. The Bertz CT molecular complexity index is 357. The molecule has 0 saturated carbocycles. The van der Waals surface area contributed by atoms with Crippen LogP contribution in [0.5, 0.6) is 0 Å². The maximum absolute atomic E-state index is 3.90. The minimum atomic E-state index is 0.484. The molecule has 0 aromatic carbocycles. The van der Waals surface area contributed by atoms with E-state index < -0.39 is 0 Å². The highest BCUT2D eigenvalue weighted by Gasteiger charge is 2.30. The van der Waals surface area contributed by atoms with Gasteiger partial charge in [0.1, 0.15) is 0 Å². The van der Waals surface area contributed by atoms with Gasteiger partial charge in [-0.25, -0.2) is 0 Å². The van der Waals surface area contributed by atoms with E-state index in [-0.39, 0.29) is 0 Å². The first kappa shape index (κ1) is 14.4. The molecule has 102 valence electrons. The van der Waals surface area contributed by atoms with Crippen molar-refractivity contribution in [3.8, 4) is 0 Å². The lowest BCUT2D eigenvalue weighted by atomic mass is 9.87. The normalized spacial score (nSPS) is 25.3. The quantitative estimate of drug-likeness (QED) is 0.869. The molecule has 0 amide bonds. The van der Waals surface area contributed by atoms with Crippen LogP contribution in [0.25, 0.3) is 0 Å². The second kappa shape index (κ2) is 5.98. The summed E-state index contributed by atoms with van der Waals surface area (Å²) in [5.74, 6) is 3.22. The number of rotatable bonds is 4. The lowest BCUT2D eigenvalue weighted by molar-refractivity contribution is 0.281. The number of nitrogens with one attached hydrogen (secondary N) is 1. The minimum absolute atomic E-state index is 0.484. The molecule has 0 radical (unpaired) electrons. The first-order chi connectivity index (χ1) is 8.48. The van der Waals surface area contributed by atoms with Crippen molar-refractivity contribution in [2.24, 2.45) is 11.3 Å². The first-order valence-corrected chi connectivity index (χ1v) is 8.88. The highest BCUT2D eigenvalue weighted by atomic mass is 32.2. The van der Waals surface area contributed by atoms with E-state index in [0.29, 0.717) is 23.4 Å². The summed E-state index contributed by atoms with van der Waals surface area (Å²) in [5.41, 5.74) is 0.484. The average Bonchev–Trinajstić information content (AvgIpc) is 2.77. The van der Waals surface area contributed by atoms with E-state index in [4.69, 9.17) is 0 Å². The molecule has 2 atom stereocenters. The van der Waals surface area contributed by atoms with Crippen molar-refractivity contribution < 1.29 is 0 Å². The van der Waals surface area contributed by atoms with Crippen molar-refractivity contribution in [1.82, 2.24) is 5.32 Å². The zero-order chi connectivity index (χ0) is 13.2. The van der Waals surface area contributed by atoms with Crippen molar-refractivity contribution in [2.75, 3.05) is 11.5 Å². The van der Waals surface area contributed by atoms with Crippen LogP contribution in [0, 0.1) is 11.3 Å². The van der Waals surface area contributed by atoms with Gasteiger partial charge in [-0.15, -0.1) is 11.3 Å². The van der Waals surface area contributed by atoms with E-state index in [2.05, 4.69) is 62.3 Å². The fourth-order valence-corrected chi connectivity index (χ4v) is 4.94. The molecule has 0 aliphatic carbocycles. The van der Waals surface area contributed by atoms with E-state index in [1.165, 1.54) is 22.8 Å². The molecule has 1 aromatic rings. The Kier molecular flexibility index (Phi) is 4.79. The molecule has 1 saturated heterocycles. The highest BCUT2D eigenvalue weighted by molar-refractivity contribution is 7.99. The van der Waals surface area contributed by atoms with E-state index in [1.807, 2.05) is 11.3 Å². The Balaban J connectivity index is 2.01. The predicted molar refractivity (Wildman–Crippen MR) is 84.5 cm³/mol. The van der Waals surface area contributed by atoms with E-state index in [1.54, 1.807) is 0 Å². The summed E-state index contributed by atoms with van der Waals surface area (Å²) in [4.78, 5) is 1.48. The second-order valence-electron chi connectivity index (χ2n) is 6.48. The van der Waals surface area contributed by atoms with Gasteiger partial charge in [0.25, 0.3) is 0 Å². The number of hydrogen-bond donors (Lipinski definition) is 1. The Morgan fingerprint density at radius 3 is 2.72 bits per heavy atom. The Morgan fingerprint density at radius 1 is 1.39 bits per heavy atom. The van der Waals surface area contributed by atoms with Crippen LogP contribution in [0.1, 0.15) is 45.0 Å². The van der Waals surface area contributed by atoms with Crippen LogP contribution in [-0.2, 0) is 0 Å². The van der Waals surface area contributed by atoms with Gasteiger partial charge < -0.3 is 5.32 Å². The van der Waals surface area contributed by atoms with Gasteiger partial charge in [-0.05, 0) is 35.0 Å². The highest BCUT2D eigenvalue weighted by Crippen LogP contribution is 2.35. The summed E-state index contributed by atoms with van der Waals surface area (Å²) in [7, 11) is 0. The van der Waals surface area contributed by atoms with E-state index in [0.717, 1.165) is 0 Å². The summed E-state index contributed by atoms with van der Waals surface area (Å²) in [6.45, 7) is 9.42. The molecule has 1 aromatic heterocycles. The number of thiophene rings is 1. The second-order valence-corrected chi connectivity index (χ2v) is 8.49.